The summed E-state index contributed by atoms with van der Waals surface area (Å²) in [4.78, 5) is 28.4. The number of ketones is 1. The lowest BCUT2D eigenvalue weighted by Gasteiger charge is -2.17. The van der Waals surface area contributed by atoms with E-state index in [1.54, 1.807) is 22.3 Å². The molecule has 0 saturated heterocycles. The molecule has 2 aromatic rings. The number of aryl methyl sites for hydroxylation is 2. The molecule has 0 N–H and O–H groups in total. The van der Waals surface area contributed by atoms with Crippen LogP contribution in [0.2, 0.25) is 0 Å². The molecule has 3 nitrogen and oxygen atoms in total. The summed E-state index contributed by atoms with van der Waals surface area (Å²) >= 11 is 5.07. The zero-order valence-corrected chi connectivity index (χ0v) is 14.2. The van der Waals surface area contributed by atoms with E-state index in [1.165, 1.54) is 4.88 Å². The first-order valence-corrected chi connectivity index (χ1v) is 8.36. The fraction of sp³-hybridized carbons (Fsp3) is 0.250. The van der Waals surface area contributed by atoms with Crippen molar-refractivity contribution in [2.24, 2.45) is 0 Å². The van der Waals surface area contributed by atoms with E-state index in [2.05, 4.69) is 28.9 Å². The number of thiophene rings is 1. The van der Waals surface area contributed by atoms with E-state index >= 15 is 0 Å². The van der Waals surface area contributed by atoms with E-state index in [9.17, 15) is 9.59 Å². The number of amides is 1. The maximum atomic E-state index is 12.3. The molecule has 0 saturated carbocycles. The van der Waals surface area contributed by atoms with Crippen molar-refractivity contribution >= 4 is 44.6 Å². The molecule has 0 atom stereocenters. The number of carbonyl (C=O) groups excluding carboxylic acids is 2. The summed E-state index contributed by atoms with van der Waals surface area (Å²) < 4.78 is 0.825. The van der Waals surface area contributed by atoms with Crippen molar-refractivity contribution < 1.29 is 9.59 Å². The van der Waals surface area contributed by atoms with Crippen molar-refractivity contribution in [1.82, 2.24) is 0 Å². The number of hydrogen-bond donors (Lipinski definition) is 0. The fourth-order valence-electron chi connectivity index (χ4n) is 2.61. The standard InChI is InChI=1S/C16H14BrNO2S/c1-3-11-4-5-12(21-11)8-18-14-9(2)6-10(17)7-13(14)15(19)16(18)20/h4-7H,3,8H2,1-2H3. The highest BCUT2D eigenvalue weighted by atomic mass is 79.9. The topological polar surface area (TPSA) is 37.4 Å². The summed E-state index contributed by atoms with van der Waals surface area (Å²) in [5.41, 5.74) is 2.18. The van der Waals surface area contributed by atoms with Gasteiger partial charge in [0.2, 0.25) is 0 Å². The van der Waals surface area contributed by atoms with E-state index in [0.29, 0.717) is 12.1 Å². The van der Waals surface area contributed by atoms with Crippen molar-refractivity contribution in [1.29, 1.82) is 0 Å². The molecule has 3 rings (SSSR count). The van der Waals surface area contributed by atoms with E-state index in [4.69, 9.17) is 0 Å². The third kappa shape index (κ3) is 2.45. The van der Waals surface area contributed by atoms with Gasteiger partial charge >= 0.3 is 0 Å². The van der Waals surface area contributed by atoms with Crippen LogP contribution in [0.1, 0.15) is 32.6 Å². The number of Topliss-reactive ketones (excluding diaryl/α,β-unsaturated/α-hetero) is 1. The van der Waals surface area contributed by atoms with Gasteiger partial charge in [0.05, 0.1) is 17.8 Å². The smallest absolute Gasteiger partial charge is 0.299 e. The van der Waals surface area contributed by atoms with Crippen LogP contribution in [-0.2, 0) is 17.8 Å². The van der Waals surface area contributed by atoms with Gasteiger partial charge in [0.1, 0.15) is 0 Å². The van der Waals surface area contributed by atoms with Crippen molar-refractivity contribution in [2.45, 2.75) is 26.8 Å². The zero-order valence-electron chi connectivity index (χ0n) is 11.8. The lowest BCUT2D eigenvalue weighted by atomic mass is 10.1. The van der Waals surface area contributed by atoms with Gasteiger partial charge < -0.3 is 0 Å². The van der Waals surface area contributed by atoms with Gasteiger partial charge in [-0.1, -0.05) is 22.9 Å². The molecule has 0 unspecified atom stereocenters. The van der Waals surface area contributed by atoms with Gasteiger partial charge in [-0.25, -0.2) is 0 Å². The van der Waals surface area contributed by atoms with Crippen molar-refractivity contribution in [2.75, 3.05) is 4.90 Å². The number of anilines is 1. The molecule has 21 heavy (non-hydrogen) atoms. The molecule has 1 aliphatic heterocycles. The maximum absolute atomic E-state index is 12.3. The second-order valence-corrected chi connectivity index (χ2v) is 7.23. The van der Waals surface area contributed by atoms with Crippen LogP contribution in [0.3, 0.4) is 0 Å². The number of hydrogen-bond acceptors (Lipinski definition) is 3. The monoisotopic (exact) mass is 363 g/mol. The number of benzene rings is 1. The van der Waals surface area contributed by atoms with Crippen LogP contribution in [0.25, 0.3) is 0 Å². The molecular weight excluding hydrogens is 350 g/mol. The zero-order chi connectivity index (χ0) is 15.1. The lowest BCUT2D eigenvalue weighted by molar-refractivity contribution is -0.114. The molecule has 108 valence electrons. The van der Waals surface area contributed by atoms with Crippen LogP contribution in [0.4, 0.5) is 5.69 Å². The van der Waals surface area contributed by atoms with Crippen molar-refractivity contribution in [3.63, 3.8) is 0 Å². The highest BCUT2D eigenvalue weighted by Gasteiger charge is 2.37. The Morgan fingerprint density at radius 1 is 1.19 bits per heavy atom. The Morgan fingerprint density at radius 3 is 2.57 bits per heavy atom. The predicted molar refractivity (Wildman–Crippen MR) is 88.1 cm³/mol. The van der Waals surface area contributed by atoms with Gasteiger partial charge in [-0.15, -0.1) is 11.3 Å². The molecule has 1 aliphatic rings. The third-order valence-electron chi connectivity index (χ3n) is 3.60. The Balaban J connectivity index is 2.01. The van der Waals surface area contributed by atoms with Gasteiger partial charge in [-0.2, -0.15) is 0 Å². The van der Waals surface area contributed by atoms with Gasteiger partial charge in [0.15, 0.2) is 0 Å². The molecule has 1 amide bonds. The Bertz CT molecular complexity index is 751. The Kier molecular flexibility index (Phi) is 3.71. The summed E-state index contributed by atoms with van der Waals surface area (Å²) in [5.74, 6) is -0.848. The second-order valence-electron chi connectivity index (χ2n) is 5.06. The summed E-state index contributed by atoms with van der Waals surface area (Å²) in [6.07, 6.45) is 0.986. The quantitative estimate of drug-likeness (QED) is 0.769. The van der Waals surface area contributed by atoms with E-state index in [0.717, 1.165) is 27.0 Å². The molecule has 0 fully saturated rings. The van der Waals surface area contributed by atoms with Crippen LogP contribution in [-0.4, -0.2) is 11.7 Å². The van der Waals surface area contributed by atoms with Crippen LogP contribution in [0.5, 0.6) is 0 Å². The van der Waals surface area contributed by atoms with Gasteiger partial charge in [-0.05, 0) is 43.2 Å². The van der Waals surface area contributed by atoms with E-state index in [-0.39, 0.29) is 0 Å². The minimum absolute atomic E-state index is 0.415. The summed E-state index contributed by atoms with van der Waals surface area (Å²) in [7, 11) is 0. The average molecular weight is 364 g/mol. The first-order chi connectivity index (χ1) is 10.0. The van der Waals surface area contributed by atoms with Crippen molar-refractivity contribution in [3.8, 4) is 0 Å². The van der Waals surface area contributed by atoms with Crippen LogP contribution < -0.4 is 4.90 Å². The molecule has 1 aromatic heterocycles. The number of carbonyl (C=O) groups is 2. The molecule has 0 aliphatic carbocycles. The Hall–Kier alpha value is -1.46. The Labute approximate surface area is 135 Å². The van der Waals surface area contributed by atoms with Gasteiger partial charge in [0.25, 0.3) is 11.7 Å². The number of rotatable bonds is 3. The molecule has 5 heteroatoms. The minimum Gasteiger partial charge on any atom is -0.299 e. The fourth-order valence-corrected chi connectivity index (χ4v) is 4.13. The average Bonchev–Trinajstić information content (AvgIpc) is 2.98. The lowest BCUT2D eigenvalue weighted by Crippen LogP contribution is -2.29. The number of fused-ring (bicyclic) bond motifs is 1. The van der Waals surface area contributed by atoms with Crippen molar-refractivity contribution in [3.05, 3.63) is 49.6 Å². The SMILES string of the molecule is CCc1ccc(CN2C(=O)C(=O)c3cc(Br)cc(C)c32)s1. The first kappa shape index (κ1) is 14.5. The van der Waals surface area contributed by atoms with Gasteiger partial charge in [-0.3, -0.25) is 14.5 Å². The second kappa shape index (κ2) is 5.39. The predicted octanol–water partition coefficient (Wildman–Crippen LogP) is 4.11. The van der Waals surface area contributed by atoms with E-state index < -0.39 is 11.7 Å². The maximum Gasteiger partial charge on any atom is 0.299 e. The molecule has 0 bridgehead atoms. The normalized spacial score (nSPS) is 14.0. The van der Waals surface area contributed by atoms with Crippen LogP contribution in [0.15, 0.2) is 28.7 Å². The molecule has 0 radical (unpaired) electrons. The number of nitrogens with zero attached hydrogens (tertiary/aromatic N) is 1. The summed E-state index contributed by atoms with van der Waals surface area (Å²) in [6, 6.07) is 7.78. The first-order valence-electron chi connectivity index (χ1n) is 6.75. The van der Waals surface area contributed by atoms with Crippen LogP contribution >= 0.6 is 27.3 Å². The summed E-state index contributed by atoms with van der Waals surface area (Å²) in [6.45, 7) is 4.50. The molecule has 2 heterocycles. The molecular formula is C16H14BrNO2S. The minimum atomic E-state index is -0.433. The third-order valence-corrected chi connectivity index (χ3v) is 5.27. The molecule has 1 aromatic carbocycles. The van der Waals surface area contributed by atoms with Crippen LogP contribution in [0, 0.1) is 6.92 Å². The Morgan fingerprint density at radius 2 is 1.90 bits per heavy atom. The molecule has 0 spiro atoms. The highest BCUT2D eigenvalue weighted by molar-refractivity contribution is 9.10. The van der Waals surface area contributed by atoms with Gasteiger partial charge in [0, 0.05) is 14.2 Å². The van der Waals surface area contributed by atoms with E-state index in [1.807, 2.05) is 19.1 Å². The highest BCUT2D eigenvalue weighted by Crippen LogP contribution is 2.36. The summed E-state index contributed by atoms with van der Waals surface area (Å²) in [5, 5.41) is 0. The number of halogens is 1. The largest absolute Gasteiger partial charge is 0.299 e.